The Morgan fingerprint density at radius 3 is 2.85 bits per heavy atom. The van der Waals surface area contributed by atoms with Gasteiger partial charge in [0.25, 0.3) is 0 Å². The van der Waals surface area contributed by atoms with Gasteiger partial charge in [-0.3, -0.25) is 4.68 Å². The zero-order valence-corrected chi connectivity index (χ0v) is 13.6. The fourth-order valence-electron chi connectivity index (χ4n) is 3.27. The molecule has 1 saturated heterocycles. The van der Waals surface area contributed by atoms with E-state index in [1.54, 1.807) is 0 Å². The van der Waals surface area contributed by atoms with Crippen molar-refractivity contribution in [2.45, 2.75) is 53.0 Å². The number of hydrogen-bond acceptors (Lipinski definition) is 3. The molecule has 0 spiro atoms. The van der Waals surface area contributed by atoms with Gasteiger partial charge < -0.3 is 10.2 Å². The molecule has 4 nitrogen and oxygen atoms in total. The molecule has 1 aliphatic rings. The standard InChI is InChI=1S/C16H30N4/c1-5-9-17-11-15-13(3)18-19(4)16(15)20-10-7-8-14(6-2)12-20/h14,17H,5-12H2,1-4H3. The van der Waals surface area contributed by atoms with Crippen LogP contribution in [-0.2, 0) is 13.6 Å². The summed E-state index contributed by atoms with van der Waals surface area (Å²) in [4.78, 5) is 2.56. The summed E-state index contributed by atoms with van der Waals surface area (Å²) in [5, 5.41) is 8.18. The molecular formula is C16H30N4. The van der Waals surface area contributed by atoms with E-state index >= 15 is 0 Å². The smallest absolute Gasteiger partial charge is 0.131 e. The first-order chi connectivity index (χ1) is 9.67. The molecule has 0 aromatic carbocycles. The van der Waals surface area contributed by atoms with Crippen LogP contribution in [0.15, 0.2) is 0 Å². The van der Waals surface area contributed by atoms with E-state index in [2.05, 4.69) is 47.8 Å². The molecule has 1 aromatic heterocycles. The second-order valence-electron chi connectivity index (χ2n) is 6.05. The highest BCUT2D eigenvalue weighted by molar-refractivity contribution is 5.50. The number of aryl methyl sites for hydroxylation is 2. The molecule has 20 heavy (non-hydrogen) atoms. The van der Waals surface area contributed by atoms with E-state index in [0.717, 1.165) is 19.0 Å². The minimum absolute atomic E-state index is 0.843. The molecule has 2 rings (SSSR count). The van der Waals surface area contributed by atoms with Crippen molar-refractivity contribution in [3.8, 4) is 0 Å². The number of nitrogens with zero attached hydrogens (tertiary/aromatic N) is 3. The van der Waals surface area contributed by atoms with E-state index in [1.807, 2.05) is 0 Å². The van der Waals surface area contributed by atoms with Crippen LogP contribution in [0.2, 0.25) is 0 Å². The summed E-state index contributed by atoms with van der Waals surface area (Å²) in [6.45, 7) is 11.0. The Hall–Kier alpha value is -1.03. The third kappa shape index (κ3) is 3.35. The van der Waals surface area contributed by atoms with Crippen LogP contribution >= 0.6 is 0 Å². The quantitative estimate of drug-likeness (QED) is 0.812. The van der Waals surface area contributed by atoms with E-state index in [1.165, 1.54) is 55.8 Å². The molecule has 2 heterocycles. The highest BCUT2D eigenvalue weighted by Gasteiger charge is 2.24. The van der Waals surface area contributed by atoms with Gasteiger partial charge in [0.15, 0.2) is 0 Å². The molecule has 1 aromatic rings. The number of piperidine rings is 1. The number of hydrogen-bond donors (Lipinski definition) is 1. The van der Waals surface area contributed by atoms with Gasteiger partial charge in [-0.2, -0.15) is 5.10 Å². The lowest BCUT2D eigenvalue weighted by Gasteiger charge is -2.34. The van der Waals surface area contributed by atoms with Crippen molar-refractivity contribution in [2.24, 2.45) is 13.0 Å². The monoisotopic (exact) mass is 278 g/mol. The van der Waals surface area contributed by atoms with Gasteiger partial charge in [0.2, 0.25) is 0 Å². The molecular weight excluding hydrogens is 248 g/mol. The molecule has 0 bridgehead atoms. The summed E-state index contributed by atoms with van der Waals surface area (Å²) in [5.74, 6) is 2.18. The van der Waals surface area contributed by atoms with Crippen molar-refractivity contribution < 1.29 is 0 Å². The third-order valence-electron chi connectivity index (χ3n) is 4.44. The van der Waals surface area contributed by atoms with Crippen LogP contribution in [0.4, 0.5) is 5.82 Å². The van der Waals surface area contributed by atoms with E-state index in [9.17, 15) is 0 Å². The van der Waals surface area contributed by atoms with Crippen molar-refractivity contribution in [1.82, 2.24) is 15.1 Å². The highest BCUT2D eigenvalue weighted by Crippen LogP contribution is 2.29. The van der Waals surface area contributed by atoms with Crippen molar-refractivity contribution in [3.63, 3.8) is 0 Å². The Bertz CT molecular complexity index is 424. The zero-order valence-electron chi connectivity index (χ0n) is 13.6. The SMILES string of the molecule is CCCNCc1c(C)nn(C)c1N1CCCC(CC)C1. The molecule has 1 fully saturated rings. The van der Waals surface area contributed by atoms with Gasteiger partial charge in [0.1, 0.15) is 5.82 Å². The van der Waals surface area contributed by atoms with Gasteiger partial charge in [0, 0.05) is 32.2 Å². The van der Waals surface area contributed by atoms with Crippen LogP contribution in [0.25, 0.3) is 0 Å². The summed E-state index contributed by atoms with van der Waals surface area (Å²) in [6, 6.07) is 0. The van der Waals surface area contributed by atoms with Gasteiger partial charge in [-0.15, -0.1) is 0 Å². The lowest BCUT2D eigenvalue weighted by molar-refractivity contribution is 0.399. The van der Waals surface area contributed by atoms with Crippen LogP contribution in [-0.4, -0.2) is 29.4 Å². The van der Waals surface area contributed by atoms with Crippen LogP contribution in [0, 0.1) is 12.8 Å². The fraction of sp³-hybridized carbons (Fsp3) is 0.812. The second kappa shape index (κ2) is 7.11. The summed E-state index contributed by atoms with van der Waals surface area (Å²) in [7, 11) is 2.08. The second-order valence-corrected chi connectivity index (χ2v) is 6.05. The van der Waals surface area contributed by atoms with Crippen LogP contribution in [0.1, 0.15) is 50.8 Å². The first-order valence-electron chi connectivity index (χ1n) is 8.15. The first kappa shape index (κ1) is 15.4. The summed E-state index contributed by atoms with van der Waals surface area (Å²) in [6.07, 6.45) is 5.16. The molecule has 0 aliphatic carbocycles. The largest absolute Gasteiger partial charge is 0.356 e. The van der Waals surface area contributed by atoms with Gasteiger partial charge in [0.05, 0.1) is 5.69 Å². The van der Waals surface area contributed by atoms with Gasteiger partial charge in [-0.1, -0.05) is 20.3 Å². The van der Waals surface area contributed by atoms with Crippen molar-refractivity contribution >= 4 is 5.82 Å². The average molecular weight is 278 g/mol. The summed E-state index contributed by atoms with van der Waals surface area (Å²) < 4.78 is 2.08. The minimum atomic E-state index is 0.843. The lowest BCUT2D eigenvalue weighted by atomic mass is 9.95. The Kier molecular flexibility index (Phi) is 5.46. The number of nitrogens with one attached hydrogen (secondary N) is 1. The molecule has 1 aliphatic heterocycles. The van der Waals surface area contributed by atoms with Crippen LogP contribution in [0.5, 0.6) is 0 Å². The molecule has 0 amide bonds. The predicted molar refractivity (Wildman–Crippen MR) is 85.2 cm³/mol. The van der Waals surface area contributed by atoms with E-state index in [4.69, 9.17) is 0 Å². The number of anilines is 1. The van der Waals surface area contributed by atoms with Crippen molar-refractivity contribution in [1.29, 1.82) is 0 Å². The van der Waals surface area contributed by atoms with E-state index < -0.39 is 0 Å². The molecule has 0 saturated carbocycles. The maximum atomic E-state index is 4.65. The summed E-state index contributed by atoms with van der Waals surface area (Å²) in [5.41, 5.74) is 2.56. The van der Waals surface area contributed by atoms with Crippen LogP contribution < -0.4 is 10.2 Å². The number of rotatable bonds is 6. The zero-order chi connectivity index (χ0) is 14.5. The molecule has 1 N–H and O–H groups in total. The van der Waals surface area contributed by atoms with Crippen molar-refractivity contribution in [3.05, 3.63) is 11.3 Å². The Morgan fingerprint density at radius 1 is 1.35 bits per heavy atom. The van der Waals surface area contributed by atoms with Gasteiger partial charge >= 0.3 is 0 Å². The summed E-state index contributed by atoms with van der Waals surface area (Å²) >= 11 is 0. The first-order valence-corrected chi connectivity index (χ1v) is 8.15. The van der Waals surface area contributed by atoms with Crippen LogP contribution in [0.3, 0.4) is 0 Å². The lowest BCUT2D eigenvalue weighted by Crippen LogP contribution is -2.37. The normalized spacial score (nSPS) is 19.6. The molecule has 1 unspecified atom stereocenters. The number of aromatic nitrogens is 2. The van der Waals surface area contributed by atoms with Gasteiger partial charge in [-0.05, 0) is 38.6 Å². The fourth-order valence-corrected chi connectivity index (χ4v) is 3.27. The molecule has 114 valence electrons. The van der Waals surface area contributed by atoms with Gasteiger partial charge in [-0.25, -0.2) is 0 Å². The maximum absolute atomic E-state index is 4.65. The molecule has 0 radical (unpaired) electrons. The Labute approximate surface area is 123 Å². The Morgan fingerprint density at radius 2 is 2.15 bits per heavy atom. The molecule has 4 heteroatoms. The maximum Gasteiger partial charge on any atom is 0.131 e. The molecule has 1 atom stereocenters. The van der Waals surface area contributed by atoms with E-state index in [-0.39, 0.29) is 0 Å². The van der Waals surface area contributed by atoms with Crippen molar-refractivity contribution in [2.75, 3.05) is 24.5 Å². The topological polar surface area (TPSA) is 33.1 Å². The highest BCUT2D eigenvalue weighted by atomic mass is 15.4. The predicted octanol–water partition coefficient (Wildman–Crippen LogP) is 2.85. The van der Waals surface area contributed by atoms with E-state index in [0.29, 0.717) is 0 Å². The Balaban J connectivity index is 2.16. The minimum Gasteiger partial charge on any atom is -0.356 e. The third-order valence-corrected chi connectivity index (χ3v) is 4.44. The average Bonchev–Trinajstić information content (AvgIpc) is 2.73.